The molecule has 2 atom stereocenters. The maximum Gasteiger partial charge on any atom is 0.238 e. The molecule has 0 unspecified atom stereocenters. The van der Waals surface area contributed by atoms with Crippen LogP contribution < -0.4 is 5.32 Å². The molecule has 1 fully saturated rings. The monoisotopic (exact) mass is 362 g/mol. The van der Waals surface area contributed by atoms with Gasteiger partial charge in [0.05, 0.1) is 18.4 Å². The lowest BCUT2D eigenvalue weighted by Crippen LogP contribution is -2.54. The highest BCUT2D eigenvalue weighted by Crippen LogP contribution is 2.23. The minimum absolute atomic E-state index is 0.0736. The molecule has 1 aliphatic heterocycles. The standard InChI is InChI=1S/C17H34N2O4S/c1-5-12-24(22,23)19-11-7-6-8-15(19)16(21)18-14(13-20)9-10-17(2,3)4/h14-15,20H,5-13H2,1-4H3,(H,18,21)/t14-,15-/m1/s1. The van der Waals surface area contributed by atoms with Gasteiger partial charge in [0.25, 0.3) is 0 Å². The summed E-state index contributed by atoms with van der Waals surface area (Å²) < 4.78 is 26.2. The predicted molar refractivity (Wildman–Crippen MR) is 96.1 cm³/mol. The zero-order chi connectivity index (χ0) is 18.4. The minimum Gasteiger partial charge on any atom is -0.394 e. The van der Waals surface area contributed by atoms with Crippen molar-refractivity contribution in [3.63, 3.8) is 0 Å². The Hall–Kier alpha value is -0.660. The van der Waals surface area contributed by atoms with E-state index in [9.17, 15) is 18.3 Å². The SMILES string of the molecule is CCCS(=O)(=O)N1CCCC[C@@H]1C(=O)N[C@@H](CO)CCC(C)(C)C. The Balaban J connectivity index is 2.75. The number of piperidine rings is 1. The molecule has 142 valence electrons. The summed E-state index contributed by atoms with van der Waals surface area (Å²) in [5.74, 6) is -0.202. The molecule has 6 nitrogen and oxygen atoms in total. The fourth-order valence-corrected chi connectivity index (χ4v) is 4.74. The van der Waals surface area contributed by atoms with Gasteiger partial charge in [-0.15, -0.1) is 0 Å². The van der Waals surface area contributed by atoms with Crippen LogP contribution in [0.15, 0.2) is 0 Å². The van der Waals surface area contributed by atoms with Crippen molar-refractivity contribution < 1.29 is 18.3 Å². The highest BCUT2D eigenvalue weighted by Gasteiger charge is 2.36. The molecule has 24 heavy (non-hydrogen) atoms. The molecular weight excluding hydrogens is 328 g/mol. The third kappa shape index (κ3) is 6.69. The van der Waals surface area contributed by atoms with Crippen LogP contribution in [-0.4, -0.2) is 54.7 Å². The number of aliphatic hydroxyl groups is 1. The number of nitrogens with zero attached hydrogens (tertiary/aromatic N) is 1. The highest BCUT2D eigenvalue weighted by molar-refractivity contribution is 7.89. The van der Waals surface area contributed by atoms with E-state index in [1.54, 1.807) is 0 Å². The number of hydrogen-bond donors (Lipinski definition) is 2. The van der Waals surface area contributed by atoms with E-state index in [1.807, 2.05) is 6.92 Å². The second-order valence-electron chi connectivity index (χ2n) is 7.93. The smallest absolute Gasteiger partial charge is 0.238 e. The minimum atomic E-state index is -3.40. The molecule has 1 saturated heterocycles. The first-order chi connectivity index (χ1) is 11.1. The molecule has 0 aromatic heterocycles. The van der Waals surface area contributed by atoms with Crippen molar-refractivity contribution in [3.05, 3.63) is 0 Å². The van der Waals surface area contributed by atoms with Crippen molar-refractivity contribution in [1.82, 2.24) is 9.62 Å². The number of amides is 1. The Morgan fingerprint density at radius 1 is 1.33 bits per heavy atom. The van der Waals surface area contributed by atoms with Crippen LogP contribution in [-0.2, 0) is 14.8 Å². The lowest BCUT2D eigenvalue weighted by Gasteiger charge is -2.34. The Labute approximate surface area is 147 Å². The second kappa shape index (κ2) is 9.15. The van der Waals surface area contributed by atoms with Crippen LogP contribution in [0.1, 0.15) is 66.2 Å². The quantitative estimate of drug-likeness (QED) is 0.690. The van der Waals surface area contributed by atoms with Crippen molar-refractivity contribution in [1.29, 1.82) is 0 Å². The molecule has 0 saturated carbocycles. The summed E-state index contributed by atoms with van der Waals surface area (Å²) in [4.78, 5) is 12.6. The zero-order valence-electron chi connectivity index (χ0n) is 15.5. The van der Waals surface area contributed by atoms with Crippen LogP contribution in [0.4, 0.5) is 0 Å². The van der Waals surface area contributed by atoms with Crippen molar-refractivity contribution in [2.75, 3.05) is 18.9 Å². The number of aliphatic hydroxyl groups excluding tert-OH is 1. The lowest BCUT2D eigenvalue weighted by atomic mass is 9.88. The van der Waals surface area contributed by atoms with Gasteiger partial charge in [0.1, 0.15) is 6.04 Å². The summed E-state index contributed by atoms with van der Waals surface area (Å²) in [5, 5.41) is 12.4. The molecule has 1 aliphatic rings. The first-order valence-electron chi connectivity index (χ1n) is 9.01. The Morgan fingerprint density at radius 3 is 2.54 bits per heavy atom. The van der Waals surface area contributed by atoms with Gasteiger partial charge < -0.3 is 10.4 Å². The van der Waals surface area contributed by atoms with Crippen molar-refractivity contribution in [2.45, 2.75) is 78.3 Å². The normalized spacial score (nSPS) is 21.5. The van der Waals surface area contributed by atoms with Gasteiger partial charge in [-0.25, -0.2) is 8.42 Å². The topological polar surface area (TPSA) is 86.7 Å². The van der Waals surface area contributed by atoms with Gasteiger partial charge in [0.2, 0.25) is 15.9 Å². The maximum absolute atomic E-state index is 12.6. The number of carbonyl (C=O) groups is 1. The third-order valence-electron chi connectivity index (χ3n) is 4.39. The number of sulfonamides is 1. The zero-order valence-corrected chi connectivity index (χ0v) is 16.4. The summed E-state index contributed by atoms with van der Waals surface area (Å²) in [6.07, 6.45) is 4.29. The molecule has 2 N–H and O–H groups in total. The molecule has 0 radical (unpaired) electrons. The summed E-state index contributed by atoms with van der Waals surface area (Å²) >= 11 is 0. The first-order valence-corrected chi connectivity index (χ1v) is 10.6. The van der Waals surface area contributed by atoms with Crippen LogP contribution >= 0.6 is 0 Å². The van der Waals surface area contributed by atoms with Crippen LogP contribution in [0.2, 0.25) is 0 Å². The van der Waals surface area contributed by atoms with E-state index in [-0.39, 0.29) is 29.7 Å². The van der Waals surface area contributed by atoms with E-state index in [4.69, 9.17) is 0 Å². The van der Waals surface area contributed by atoms with E-state index in [0.29, 0.717) is 25.8 Å². The van der Waals surface area contributed by atoms with Crippen molar-refractivity contribution >= 4 is 15.9 Å². The van der Waals surface area contributed by atoms with Crippen LogP contribution in [0.5, 0.6) is 0 Å². The third-order valence-corrected chi connectivity index (χ3v) is 6.46. The summed E-state index contributed by atoms with van der Waals surface area (Å²) in [6, 6.07) is -0.964. The van der Waals surface area contributed by atoms with Gasteiger partial charge in [-0.05, 0) is 37.5 Å². The fourth-order valence-electron chi connectivity index (χ4n) is 2.99. The second-order valence-corrected chi connectivity index (χ2v) is 9.97. The molecule has 0 spiro atoms. The van der Waals surface area contributed by atoms with Gasteiger partial charge in [-0.1, -0.05) is 34.1 Å². The van der Waals surface area contributed by atoms with E-state index in [0.717, 1.165) is 19.3 Å². The molecule has 1 amide bonds. The molecule has 0 aromatic rings. The van der Waals surface area contributed by atoms with Gasteiger partial charge >= 0.3 is 0 Å². The van der Waals surface area contributed by atoms with Gasteiger partial charge in [0, 0.05) is 6.54 Å². The molecule has 0 aliphatic carbocycles. The number of carbonyl (C=O) groups excluding carboxylic acids is 1. The van der Waals surface area contributed by atoms with E-state index in [2.05, 4.69) is 26.1 Å². The average molecular weight is 363 g/mol. The van der Waals surface area contributed by atoms with Gasteiger partial charge in [-0.2, -0.15) is 4.31 Å². The average Bonchev–Trinajstić information content (AvgIpc) is 2.50. The Bertz CT molecular complexity index is 499. The lowest BCUT2D eigenvalue weighted by molar-refractivity contribution is -0.126. The van der Waals surface area contributed by atoms with Crippen LogP contribution in [0.25, 0.3) is 0 Å². The van der Waals surface area contributed by atoms with Gasteiger partial charge in [-0.3, -0.25) is 4.79 Å². The summed E-state index contributed by atoms with van der Waals surface area (Å²) in [5.41, 5.74) is 0.124. The van der Waals surface area contributed by atoms with Crippen LogP contribution in [0.3, 0.4) is 0 Å². The molecule has 1 rings (SSSR count). The Kier molecular flexibility index (Phi) is 8.15. The molecule has 0 bridgehead atoms. The predicted octanol–water partition coefficient (Wildman–Crippen LogP) is 1.88. The van der Waals surface area contributed by atoms with Crippen molar-refractivity contribution in [3.8, 4) is 0 Å². The van der Waals surface area contributed by atoms with Crippen LogP contribution in [0, 0.1) is 5.41 Å². The largest absolute Gasteiger partial charge is 0.394 e. The summed E-state index contributed by atoms with van der Waals surface area (Å²) in [7, 11) is -3.40. The molecule has 1 heterocycles. The molecular formula is C17H34N2O4S. The first kappa shape index (κ1) is 21.4. The Morgan fingerprint density at radius 2 is 2.00 bits per heavy atom. The van der Waals surface area contributed by atoms with Gasteiger partial charge in [0.15, 0.2) is 0 Å². The summed E-state index contributed by atoms with van der Waals surface area (Å²) in [6.45, 7) is 8.45. The molecule has 0 aromatic carbocycles. The fraction of sp³-hybridized carbons (Fsp3) is 0.941. The van der Waals surface area contributed by atoms with E-state index < -0.39 is 16.1 Å². The number of rotatable bonds is 8. The van der Waals surface area contributed by atoms with E-state index >= 15 is 0 Å². The van der Waals surface area contributed by atoms with E-state index in [1.165, 1.54) is 4.31 Å². The molecule has 7 heteroatoms. The number of nitrogens with one attached hydrogen (secondary N) is 1. The maximum atomic E-state index is 12.6. The number of hydrogen-bond acceptors (Lipinski definition) is 4. The van der Waals surface area contributed by atoms with Crippen molar-refractivity contribution in [2.24, 2.45) is 5.41 Å². The highest BCUT2D eigenvalue weighted by atomic mass is 32.2.